The van der Waals surface area contributed by atoms with Gasteiger partial charge in [-0.05, 0) is 23.8 Å². The Morgan fingerprint density at radius 2 is 1.95 bits per heavy atom. The molecule has 2 aromatic carbocycles. The van der Waals surface area contributed by atoms with Crippen molar-refractivity contribution in [1.82, 2.24) is 0 Å². The summed E-state index contributed by atoms with van der Waals surface area (Å²) >= 11 is 6.09. The molecule has 4 heteroatoms. The third-order valence-corrected chi connectivity index (χ3v) is 3.70. The maximum atomic E-state index is 6.09. The topological polar surface area (TPSA) is 41.6 Å². The lowest BCUT2D eigenvalue weighted by atomic mass is 10.0. The third-order valence-electron chi connectivity index (χ3n) is 3.47. The Labute approximate surface area is 123 Å². The Kier molecular flexibility index (Phi) is 3.72. The Morgan fingerprint density at radius 3 is 2.65 bits per heavy atom. The predicted molar refractivity (Wildman–Crippen MR) is 84.2 cm³/mol. The average Bonchev–Trinajstić information content (AvgIpc) is 2.92. The van der Waals surface area contributed by atoms with Gasteiger partial charge in [0.15, 0.2) is 0 Å². The van der Waals surface area contributed by atoms with Crippen LogP contribution in [0.25, 0.3) is 0 Å². The smallest absolute Gasteiger partial charge is 0.0828 e. The Bertz CT molecular complexity index is 625. The molecule has 0 fully saturated rings. The van der Waals surface area contributed by atoms with Gasteiger partial charge in [-0.1, -0.05) is 48.0 Å². The van der Waals surface area contributed by atoms with Crippen LogP contribution in [0.3, 0.4) is 0 Å². The van der Waals surface area contributed by atoms with Crippen molar-refractivity contribution in [2.75, 3.05) is 11.6 Å². The van der Waals surface area contributed by atoms with Gasteiger partial charge >= 0.3 is 0 Å². The standard InChI is InChI=1S/C16H16ClN3/c17-13-7-4-8-15(9-13)20-16(10-14(11-18)19-20)12-5-2-1-3-6-12/h1-9,16H,10-11,18H2. The molecule has 1 aliphatic heterocycles. The van der Waals surface area contributed by atoms with Crippen LogP contribution >= 0.6 is 11.6 Å². The maximum absolute atomic E-state index is 6.09. The summed E-state index contributed by atoms with van der Waals surface area (Å²) in [5.74, 6) is 0. The summed E-state index contributed by atoms with van der Waals surface area (Å²) in [5, 5.41) is 7.37. The van der Waals surface area contributed by atoms with Crippen molar-refractivity contribution in [3.05, 3.63) is 65.2 Å². The molecule has 0 radical (unpaired) electrons. The zero-order valence-corrected chi connectivity index (χ0v) is 11.8. The first-order valence-corrected chi connectivity index (χ1v) is 7.02. The molecule has 1 atom stereocenters. The summed E-state index contributed by atoms with van der Waals surface area (Å²) in [6.07, 6.45) is 0.854. The molecule has 1 unspecified atom stereocenters. The first kappa shape index (κ1) is 13.2. The molecule has 1 aliphatic rings. The van der Waals surface area contributed by atoms with E-state index < -0.39 is 0 Å². The van der Waals surface area contributed by atoms with Crippen LogP contribution in [-0.2, 0) is 0 Å². The minimum atomic E-state index is 0.188. The molecule has 0 saturated heterocycles. The van der Waals surface area contributed by atoms with Gasteiger partial charge < -0.3 is 5.73 Å². The average molecular weight is 286 g/mol. The lowest BCUT2D eigenvalue weighted by Crippen LogP contribution is -2.18. The molecule has 1 heterocycles. The summed E-state index contributed by atoms with van der Waals surface area (Å²) in [6, 6.07) is 18.3. The first-order chi connectivity index (χ1) is 9.78. The summed E-state index contributed by atoms with van der Waals surface area (Å²) in [5.41, 5.74) is 9.00. The lowest BCUT2D eigenvalue weighted by molar-refractivity contribution is 0.708. The molecule has 3 rings (SSSR count). The Balaban J connectivity index is 1.98. The van der Waals surface area contributed by atoms with Crippen molar-refractivity contribution in [3.63, 3.8) is 0 Å². The third kappa shape index (κ3) is 2.55. The zero-order valence-electron chi connectivity index (χ0n) is 11.0. The fourth-order valence-corrected chi connectivity index (χ4v) is 2.67. The minimum absolute atomic E-state index is 0.188. The van der Waals surface area contributed by atoms with Gasteiger partial charge in [0.1, 0.15) is 0 Å². The molecule has 0 saturated carbocycles. The normalized spacial score (nSPS) is 18.2. The number of rotatable bonds is 3. The van der Waals surface area contributed by atoms with E-state index >= 15 is 0 Å². The Hall–Kier alpha value is -1.84. The molecule has 0 amide bonds. The molecule has 0 spiro atoms. The highest BCUT2D eigenvalue weighted by Gasteiger charge is 2.28. The van der Waals surface area contributed by atoms with Crippen LogP contribution in [-0.4, -0.2) is 12.3 Å². The predicted octanol–water partition coefficient (Wildman–Crippen LogP) is 3.61. The van der Waals surface area contributed by atoms with E-state index in [1.807, 2.05) is 47.5 Å². The van der Waals surface area contributed by atoms with Gasteiger partial charge in [-0.3, -0.25) is 5.01 Å². The number of nitrogens with two attached hydrogens (primary N) is 1. The maximum Gasteiger partial charge on any atom is 0.0828 e. The van der Waals surface area contributed by atoms with Crippen molar-refractivity contribution in [2.24, 2.45) is 10.8 Å². The fraction of sp³-hybridized carbons (Fsp3) is 0.188. The number of halogens is 1. The van der Waals surface area contributed by atoms with Crippen molar-refractivity contribution < 1.29 is 0 Å². The molecule has 20 heavy (non-hydrogen) atoms. The minimum Gasteiger partial charge on any atom is -0.325 e. The van der Waals surface area contributed by atoms with Crippen LogP contribution < -0.4 is 10.7 Å². The van der Waals surface area contributed by atoms with E-state index in [0.717, 1.165) is 17.8 Å². The van der Waals surface area contributed by atoms with Crippen LogP contribution in [0.2, 0.25) is 5.02 Å². The molecular formula is C16H16ClN3. The van der Waals surface area contributed by atoms with E-state index in [1.54, 1.807) is 0 Å². The van der Waals surface area contributed by atoms with Crippen LogP contribution in [0.1, 0.15) is 18.0 Å². The monoisotopic (exact) mass is 285 g/mol. The second kappa shape index (κ2) is 5.65. The Morgan fingerprint density at radius 1 is 1.15 bits per heavy atom. The van der Waals surface area contributed by atoms with Crippen molar-refractivity contribution in [1.29, 1.82) is 0 Å². The second-order valence-electron chi connectivity index (χ2n) is 4.83. The molecule has 2 aromatic rings. The van der Waals surface area contributed by atoms with Gasteiger partial charge in [-0.15, -0.1) is 0 Å². The van der Waals surface area contributed by atoms with Gasteiger partial charge in [0, 0.05) is 18.0 Å². The fourth-order valence-electron chi connectivity index (χ4n) is 2.49. The number of anilines is 1. The summed E-state index contributed by atoms with van der Waals surface area (Å²) in [6.45, 7) is 0.487. The van der Waals surface area contributed by atoms with Gasteiger partial charge in [0.2, 0.25) is 0 Å². The number of hydrazone groups is 1. The number of hydrogen-bond donors (Lipinski definition) is 1. The van der Waals surface area contributed by atoms with Crippen molar-refractivity contribution in [3.8, 4) is 0 Å². The first-order valence-electron chi connectivity index (χ1n) is 6.64. The molecule has 3 nitrogen and oxygen atoms in total. The van der Waals surface area contributed by atoms with Crippen LogP contribution in [0.5, 0.6) is 0 Å². The summed E-state index contributed by atoms with van der Waals surface area (Å²) < 4.78 is 0. The highest BCUT2D eigenvalue weighted by Crippen LogP contribution is 2.35. The van der Waals surface area contributed by atoms with E-state index in [0.29, 0.717) is 11.6 Å². The molecule has 0 aliphatic carbocycles. The van der Waals surface area contributed by atoms with Crippen molar-refractivity contribution in [2.45, 2.75) is 12.5 Å². The van der Waals surface area contributed by atoms with Gasteiger partial charge in [-0.25, -0.2) is 0 Å². The van der Waals surface area contributed by atoms with Gasteiger partial charge in [-0.2, -0.15) is 5.10 Å². The largest absolute Gasteiger partial charge is 0.325 e. The number of nitrogens with zero attached hydrogens (tertiary/aromatic N) is 2. The quantitative estimate of drug-likeness (QED) is 0.936. The van der Waals surface area contributed by atoms with E-state index in [9.17, 15) is 0 Å². The zero-order chi connectivity index (χ0) is 13.9. The van der Waals surface area contributed by atoms with E-state index in [1.165, 1.54) is 5.56 Å². The summed E-state index contributed by atoms with van der Waals surface area (Å²) in [7, 11) is 0. The molecule has 102 valence electrons. The van der Waals surface area contributed by atoms with E-state index in [-0.39, 0.29) is 6.04 Å². The van der Waals surface area contributed by atoms with Gasteiger partial charge in [0.05, 0.1) is 17.4 Å². The van der Waals surface area contributed by atoms with Crippen LogP contribution in [0.4, 0.5) is 5.69 Å². The second-order valence-corrected chi connectivity index (χ2v) is 5.26. The number of benzene rings is 2. The van der Waals surface area contributed by atoms with Gasteiger partial charge in [0.25, 0.3) is 0 Å². The van der Waals surface area contributed by atoms with Crippen LogP contribution in [0.15, 0.2) is 59.7 Å². The highest BCUT2D eigenvalue weighted by molar-refractivity contribution is 6.30. The van der Waals surface area contributed by atoms with Crippen LogP contribution in [0, 0.1) is 0 Å². The highest BCUT2D eigenvalue weighted by atomic mass is 35.5. The molecule has 0 bridgehead atoms. The van der Waals surface area contributed by atoms with Crippen molar-refractivity contribution >= 4 is 23.0 Å². The van der Waals surface area contributed by atoms with E-state index in [2.05, 4.69) is 17.2 Å². The molecule has 2 N–H and O–H groups in total. The SMILES string of the molecule is NCC1=NN(c2cccc(Cl)c2)C(c2ccccc2)C1. The molecule has 0 aromatic heterocycles. The molecular weight excluding hydrogens is 270 g/mol. The van der Waals surface area contributed by atoms with E-state index in [4.69, 9.17) is 17.3 Å². The summed E-state index contributed by atoms with van der Waals surface area (Å²) in [4.78, 5) is 0. The number of hydrogen-bond acceptors (Lipinski definition) is 3. The lowest BCUT2D eigenvalue weighted by Gasteiger charge is -2.24.